The lowest BCUT2D eigenvalue weighted by Gasteiger charge is -2.32. The summed E-state index contributed by atoms with van der Waals surface area (Å²) in [5.41, 5.74) is 14.2. The highest BCUT2D eigenvalue weighted by molar-refractivity contribution is 5.77. The fraction of sp³-hybridized carbons (Fsp3) is 0.702. The van der Waals surface area contributed by atoms with Crippen molar-refractivity contribution in [3.8, 4) is 0 Å². The maximum absolute atomic E-state index is 13.8. The standard InChI is InChI=1S/C114H176N4O24/c1-85(2)19-13-25-91-31-43-97(44-32-91)109(125)137-79-73-131-103(119)55-61-115(62-56-104(120)132-74-80-138-110(126)98-45-33-92(34-46-98)26-14-20-86(3)4)67-70-118(71-68-116(63-57-105(121)133-75-81-139-111(127)99-47-35-93(36-48-99)27-15-21-87(5)6)64-58-106(122)134-76-82-140-112(128)100-49-37-94(38-50-100)28-16-22-88(7)8)72-69-117(65-59-107(123)135-77-83-141-113(129)101-51-39-95(40-52-101)29-17-23-89(9)10)66-60-108(124)136-78-84-142-114(130)102-53-41-96(42-54-102)30-18-24-90(11)12/h19-24,31,33,35,37,39,96-102H,13-18,25-30,32,34,36,38,40-84H2,1-12H3. The van der Waals surface area contributed by atoms with Gasteiger partial charge in [-0.3, -0.25) is 62.4 Å². The molecular weight excluding hydrogens is 1810 g/mol. The fourth-order valence-corrected chi connectivity index (χ4v) is 18.3. The highest BCUT2D eigenvalue weighted by Gasteiger charge is 2.32. The van der Waals surface area contributed by atoms with Gasteiger partial charge in [-0.1, -0.05) is 128 Å². The molecule has 0 heterocycles. The molecule has 5 atom stereocenters. The van der Waals surface area contributed by atoms with Crippen LogP contribution < -0.4 is 0 Å². The maximum Gasteiger partial charge on any atom is 0.309 e. The molecule has 1 saturated carbocycles. The number of carbonyl (C=O) groups excluding carboxylic acids is 12. The minimum atomic E-state index is -0.577. The van der Waals surface area contributed by atoms with Gasteiger partial charge in [0.25, 0.3) is 0 Å². The van der Waals surface area contributed by atoms with Gasteiger partial charge in [0.15, 0.2) is 0 Å². The average Bonchev–Trinajstić information content (AvgIpc) is 0.890. The van der Waals surface area contributed by atoms with Crippen molar-refractivity contribution in [1.29, 1.82) is 0 Å². The molecular formula is C114H176N4O24. The second kappa shape index (κ2) is 72.0. The normalized spacial score (nSPS) is 18.4. The van der Waals surface area contributed by atoms with E-state index in [4.69, 9.17) is 56.8 Å². The van der Waals surface area contributed by atoms with E-state index < -0.39 is 35.8 Å². The van der Waals surface area contributed by atoms with Crippen molar-refractivity contribution in [3.63, 3.8) is 0 Å². The lowest BCUT2D eigenvalue weighted by molar-refractivity contribution is -0.156. The summed E-state index contributed by atoms with van der Waals surface area (Å²) in [5.74, 6) is -6.70. The van der Waals surface area contributed by atoms with Crippen molar-refractivity contribution in [2.75, 3.05) is 158 Å². The summed E-state index contributed by atoms with van der Waals surface area (Å²) in [6, 6.07) is 0. The van der Waals surface area contributed by atoms with E-state index >= 15 is 0 Å². The van der Waals surface area contributed by atoms with Gasteiger partial charge in [0.05, 0.1) is 74.0 Å². The largest absolute Gasteiger partial charge is 0.462 e. The summed E-state index contributed by atoms with van der Waals surface area (Å²) in [6.45, 7) is 25.1. The number of carbonyl (C=O) groups is 12. The highest BCUT2D eigenvalue weighted by Crippen LogP contribution is 2.36. The SMILES string of the molecule is CC(C)=CCCC1=CCC(C(=O)OCCOC(=O)CCN(CCC(=O)OCCOC(=O)C2CC=C(CCC=C(C)C)CC2)CCN(CCN(CCC(=O)OCCOC(=O)C2CC=C(CCC=C(C)C)CC2)CCC(=O)OCCOC(=O)C2CC=C(CCC=C(C)C)CC2)CCN(CCC(=O)OCCOC(=O)C2CC=C(CCC=C(C)C)CC2)CCC(=O)OCCOC(=O)C2CCC(CCC=C(C)C)CC2)CC1. The van der Waals surface area contributed by atoms with Crippen LogP contribution in [0, 0.1) is 41.4 Å². The van der Waals surface area contributed by atoms with Crippen LogP contribution in [-0.4, -0.2) is 249 Å². The molecule has 28 heteroatoms. The molecule has 0 N–H and O–H groups in total. The van der Waals surface area contributed by atoms with E-state index in [2.05, 4.69) is 155 Å². The molecule has 1 fully saturated rings. The predicted octanol–water partition coefficient (Wildman–Crippen LogP) is 20.0. The Bertz CT molecular complexity index is 3910. The zero-order valence-electron chi connectivity index (χ0n) is 88.6. The Balaban J connectivity index is 1.22. The molecule has 6 rings (SSSR count). The summed E-state index contributed by atoms with van der Waals surface area (Å²) in [5, 5.41) is 0. The van der Waals surface area contributed by atoms with Crippen LogP contribution in [0.3, 0.4) is 0 Å². The zero-order chi connectivity index (χ0) is 103. The predicted molar refractivity (Wildman–Crippen MR) is 550 cm³/mol. The molecule has 0 amide bonds. The van der Waals surface area contributed by atoms with Crippen LogP contribution in [0.25, 0.3) is 0 Å². The first-order valence-electron chi connectivity index (χ1n) is 53.3. The molecule has 6 aliphatic rings. The first-order chi connectivity index (χ1) is 68.3. The van der Waals surface area contributed by atoms with Gasteiger partial charge in [0.2, 0.25) is 0 Å². The minimum Gasteiger partial charge on any atom is -0.462 e. The van der Waals surface area contributed by atoms with Gasteiger partial charge in [-0.15, -0.1) is 0 Å². The second-order valence-electron chi connectivity index (χ2n) is 40.5. The Labute approximate surface area is 849 Å². The van der Waals surface area contributed by atoms with Crippen molar-refractivity contribution in [2.45, 2.75) is 321 Å². The molecule has 28 nitrogen and oxygen atoms in total. The molecule has 0 radical (unpaired) electrons. The molecule has 0 aromatic rings. The molecule has 0 aromatic heterocycles. The topological polar surface area (TPSA) is 329 Å². The van der Waals surface area contributed by atoms with E-state index in [9.17, 15) is 57.5 Å². The van der Waals surface area contributed by atoms with Gasteiger partial charge >= 0.3 is 71.6 Å². The van der Waals surface area contributed by atoms with E-state index in [1.54, 1.807) is 0 Å². The third-order valence-corrected chi connectivity index (χ3v) is 27.1. The Morgan fingerprint density at radius 1 is 0.225 bits per heavy atom. The van der Waals surface area contributed by atoms with Crippen LogP contribution in [0.1, 0.15) is 321 Å². The Hall–Kier alpha value is -9.38. The number of hydrogen-bond acceptors (Lipinski definition) is 28. The van der Waals surface area contributed by atoms with E-state index in [-0.39, 0.29) is 268 Å². The Kier molecular flexibility index (Phi) is 61.5. The summed E-state index contributed by atoms with van der Waals surface area (Å²) in [4.78, 5) is 170. The quantitative estimate of drug-likeness (QED) is 0.0236. The smallest absolute Gasteiger partial charge is 0.309 e. The van der Waals surface area contributed by atoms with Gasteiger partial charge in [0.1, 0.15) is 79.3 Å². The van der Waals surface area contributed by atoms with Gasteiger partial charge in [-0.2, -0.15) is 0 Å². The summed E-state index contributed by atoms with van der Waals surface area (Å²) >= 11 is 0. The molecule has 0 spiro atoms. The highest BCUT2D eigenvalue weighted by atomic mass is 16.6. The van der Waals surface area contributed by atoms with Crippen molar-refractivity contribution in [1.82, 2.24) is 19.6 Å². The molecule has 0 bridgehead atoms. The fourth-order valence-electron chi connectivity index (χ4n) is 18.3. The Morgan fingerprint density at radius 3 is 0.585 bits per heavy atom. The maximum atomic E-state index is 13.8. The van der Waals surface area contributed by atoms with Crippen LogP contribution in [0.4, 0.5) is 0 Å². The third kappa shape index (κ3) is 56.2. The lowest BCUT2D eigenvalue weighted by atomic mass is 9.80. The van der Waals surface area contributed by atoms with Crippen molar-refractivity contribution in [2.24, 2.45) is 41.4 Å². The van der Waals surface area contributed by atoms with Gasteiger partial charge in [-0.05, 0) is 288 Å². The summed E-state index contributed by atoms with van der Waals surface area (Å²) in [7, 11) is 0. The molecule has 6 aliphatic carbocycles. The van der Waals surface area contributed by atoms with E-state index in [0.717, 1.165) is 135 Å². The van der Waals surface area contributed by atoms with Crippen molar-refractivity contribution in [3.05, 3.63) is 128 Å². The van der Waals surface area contributed by atoms with Gasteiger partial charge in [-0.25, -0.2) is 0 Å². The van der Waals surface area contributed by atoms with Crippen LogP contribution in [0.2, 0.25) is 0 Å². The average molecular weight is 1990 g/mol. The zero-order valence-corrected chi connectivity index (χ0v) is 88.6. The van der Waals surface area contributed by atoms with Crippen LogP contribution >= 0.6 is 0 Å². The molecule has 5 unspecified atom stereocenters. The minimum absolute atomic E-state index is 0.0948. The first-order valence-corrected chi connectivity index (χ1v) is 53.3. The third-order valence-electron chi connectivity index (χ3n) is 27.1. The number of ether oxygens (including phenoxy) is 12. The molecule has 142 heavy (non-hydrogen) atoms. The van der Waals surface area contributed by atoms with E-state index in [1.165, 1.54) is 61.3 Å². The van der Waals surface area contributed by atoms with E-state index in [0.29, 0.717) is 70.1 Å². The van der Waals surface area contributed by atoms with Crippen LogP contribution in [0.15, 0.2) is 128 Å². The molecule has 0 aromatic carbocycles. The number of allylic oxidation sites excluding steroid dienone is 22. The number of rotatable bonds is 69. The number of esters is 12. The van der Waals surface area contributed by atoms with E-state index in [1.807, 2.05) is 14.7 Å². The molecule has 0 saturated heterocycles. The van der Waals surface area contributed by atoms with Gasteiger partial charge < -0.3 is 71.5 Å². The Morgan fingerprint density at radius 2 is 0.401 bits per heavy atom. The summed E-state index contributed by atoms with van der Waals surface area (Å²) in [6.07, 6.45) is 48.2. The number of nitrogens with zero attached hydrogens (tertiary/aromatic N) is 4. The molecule has 796 valence electrons. The molecule has 0 aliphatic heterocycles. The summed E-state index contributed by atoms with van der Waals surface area (Å²) < 4.78 is 67.9. The first kappa shape index (κ1) is 121. The monoisotopic (exact) mass is 1990 g/mol. The van der Waals surface area contributed by atoms with Gasteiger partial charge in [0, 0.05) is 78.5 Å². The van der Waals surface area contributed by atoms with Crippen molar-refractivity contribution < 1.29 is 114 Å². The van der Waals surface area contributed by atoms with Crippen LogP contribution in [-0.2, 0) is 114 Å². The second-order valence-corrected chi connectivity index (χ2v) is 40.5. The van der Waals surface area contributed by atoms with Crippen LogP contribution in [0.5, 0.6) is 0 Å². The number of hydrogen-bond donors (Lipinski definition) is 0. The lowest BCUT2D eigenvalue weighted by Crippen LogP contribution is -2.45. The van der Waals surface area contributed by atoms with Crippen molar-refractivity contribution >= 4 is 71.6 Å².